The second-order valence-electron chi connectivity index (χ2n) is 5.78. The van der Waals surface area contributed by atoms with Gasteiger partial charge in [-0.1, -0.05) is 17.3 Å². The smallest absolute Gasteiger partial charge is 0.306 e. The summed E-state index contributed by atoms with van der Waals surface area (Å²) in [4.78, 5) is 30.2. The summed E-state index contributed by atoms with van der Waals surface area (Å²) in [6.45, 7) is 0.815. The molecule has 1 N–H and O–H groups in total. The SMILES string of the molecule is O=C(O)C1CCN(C(=O)C2CC(c3cccc(F)c3)=NO2)CC1. The molecule has 1 fully saturated rings. The van der Waals surface area contributed by atoms with Crippen molar-refractivity contribution < 1.29 is 23.9 Å². The van der Waals surface area contributed by atoms with Crippen LogP contribution < -0.4 is 0 Å². The number of benzene rings is 1. The summed E-state index contributed by atoms with van der Waals surface area (Å²) in [5.41, 5.74) is 1.15. The monoisotopic (exact) mass is 320 g/mol. The van der Waals surface area contributed by atoms with Gasteiger partial charge in [0.2, 0.25) is 6.10 Å². The maximum atomic E-state index is 13.3. The Kier molecular flexibility index (Phi) is 4.27. The van der Waals surface area contributed by atoms with E-state index in [1.807, 2.05) is 0 Å². The van der Waals surface area contributed by atoms with Gasteiger partial charge in [0.05, 0.1) is 11.6 Å². The Labute approximate surface area is 132 Å². The van der Waals surface area contributed by atoms with Crippen LogP contribution in [0.4, 0.5) is 4.39 Å². The third-order valence-electron chi connectivity index (χ3n) is 4.26. The summed E-state index contributed by atoms with van der Waals surface area (Å²) in [6.07, 6.45) is 0.479. The Morgan fingerprint density at radius 3 is 2.70 bits per heavy atom. The highest BCUT2D eigenvalue weighted by Crippen LogP contribution is 2.22. The van der Waals surface area contributed by atoms with Crippen LogP contribution in [-0.2, 0) is 14.4 Å². The standard InChI is InChI=1S/C16H17FN2O4/c17-12-3-1-2-11(8-12)13-9-14(23-18-13)15(20)19-6-4-10(5-7-19)16(21)22/h1-3,8,10,14H,4-7,9H2,(H,21,22). The fraction of sp³-hybridized carbons (Fsp3) is 0.438. The topological polar surface area (TPSA) is 79.2 Å². The van der Waals surface area contributed by atoms with Crippen molar-refractivity contribution in [2.75, 3.05) is 13.1 Å². The number of halogens is 1. The summed E-state index contributed by atoms with van der Waals surface area (Å²) in [6, 6.07) is 6.00. The van der Waals surface area contributed by atoms with E-state index in [1.165, 1.54) is 12.1 Å². The molecule has 1 amide bonds. The third kappa shape index (κ3) is 3.33. The van der Waals surface area contributed by atoms with Crippen LogP contribution in [0.5, 0.6) is 0 Å². The summed E-state index contributed by atoms with van der Waals surface area (Å²) >= 11 is 0. The maximum Gasteiger partial charge on any atom is 0.306 e. The summed E-state index contributed by atoms with van der Waals surface area (Å²) in [7, 11) is 0. The van der Waals surface area contributed by atoms with Crippen molar-refractivity contribution in [3.8, 4) is 0 Å². The number of carboxylic acid groups (broad SMARTS) is 1. The lowest BCUT2D eigenvalue weighted by Crippen LogP contribution is -2.45. The van der Waals surface area contributed by atoms with Crippen LogP contribution in [0.2, 0.25) is 0 Å². The minimum atomic E-state index is -0.814. The van der Waals surface area contributed by atoms with E-state index in [0.29, 0.717) is 43.6 Å². The lowest BCUT2D eigenvalue weighted by molar-refractivity contribution is -0.149. The van der Waals surface area contributed by atoms with E-state index in [9.17, 15) is 14.0 Å². The zero-order chi connectivity index (χ0) is 16.4. The normalized spacial score (nSPS) is 21.7. The zero-order valence-corrected chi connectivity index (χ0v) is 12.4. The molecule has 1 atom stereocenters. The lowest BCUT2D eigenvalue weighted by atomic mass is 9.96. The number of hydrogen-bond donors (Lipinski definition) is 1. The number of oxime groups is 1. The quantitative estimate of drug-likeness (QED) is 0.918. The second kappa shape index (κ2) is 6.36. The molecule has 2 aliphatic rings. The molecule has 1 unspecified atom stereocenters. The molecule has 3 rings (SSSR count). The zero-order valence-electron chi connectivity index (χ0n) is 12.4. The minimum absolute atomic E-state index is 0.191. The number of likely N-dealkylation sites (tertiary alicyclic amines) is 1. The van der Waals surface area contributed by atoms with Crippen molar-refractivity contribution in [3.63, 3.8) is 0 Å². The van der Waals surface area contributed by atoms with Crippen molar-refractivity contribution in [1.82, 2.24) is 4.90 Å². The maximum absolute atomic E-state index is 13.3. The van der Waals surface area contributed by atoms with Gasteiger partial charge in [0.25, 0.3) is 5.91 Å². The van der Waals surface area contributed by atoms with Crippen LogP contribution in [0.3, 0.4) is 0 Å². The van der Waals surface area contributed by atoms with E-state index in [0.717, 1.165) is 0 Å². The van der Waals surface area contributed by atoms with Gasteiger partial charge in [0.1, 0.15) is 5.82 Å². The third-order valence-corrected chi connectivity index (χ3v) is 4.26. The van der Waals surface area contributed by atoms with E-state index >= 15 is 0 Å². The molecule has 1 saturated heterocycles. The van der Waals surface area contributed by atoms with Gasteiger partial charge in [0, 0.05) is 25.1 Å². The average molecular weight is 320 g/mol. The molecule has 0 bridgehead atoms. The Bertz CT molecular complexity index is 653. The number of rotatable bonds is 3. The van der Waals surface area contributed by atoms with Gasteiger partial charge in [-0.05, 0) is 25.0 Å². The Morgan fingerprint density at radius 1 is 1.30 bits per heavy atom. The van der Waals surface area contributed by atoms with Crippen molar-refractivity contribution >= 4 is 17.6 Å². The second-order valence-corrected chi connectivity index (χ2v) is 5.78. The van der Waals surface area contributed by atoms with Crippen molar-refractivity contribution in [2.24, 2.45) is 11.1 Å². The fourth-order valence-electron chi connectivity index (χ4n) is 2.90. The molecule has 7 heteroatoms. The molecule has 0 aromatic heterocycles. The number of carbonyl (C=O) groups is 2. The Balaban J connectivity index is 1.58. The molecule has 2 aliphatic heterocycles. The van der Waals surface area contributed by atoms with E-state index in [-0.39, 0.29) is 17.6 Å². The molecular weight excluding hydrogens is 303 g/mol. The molecular formula is C16H17FN2O4. The van der Waals surface area contributed by atoms with Gasteiger partial charge in [-0.25, -0.2) is 4.39 Å². The highest BCUT2D eigenvalue weighted by Gasteiger charge is 2.35. The first-order valence-corrected chi connectivity index (χ1v) is 7.55. The first-order chi connectivity index (χ1) is 11.0. The number of hydrogen-bond acceptors (Lipinski definition) is 4. The molecule has 0 aliphatic carbocycles. The van der Waals surface area contributed by atoms with Gasteiger partial charge in [0.15, 0.2) is 0 Å². The lowest BCUT2D eigenvalue weighted by Gasteiger charge is -2.31. The molecule has 0 radical (unpaired) electrons. The minimum Gasteiger partial charge on any atom is -0.481 e. The Morgan fingerprint density at radius 2 is 2.04 bits per heavy atom. The average Bonchev–Trinajstić information content (AvgIpc) is 3.04. The summed E-state index contributed by atoms with van der Waals surface area (Å²) in [5.74, 6) is -1.76. The van der Waals surface area contributed by atoms with Crippen molar-refractivity contribution in [3.05, 3.63) is 35.6 Å². The van der Waals surface area contributed by atoms with Crippen LogP contribution in [0.1, 0.15) is 24.8 Å². The molecule has 0 spiro atoms. The number of piperidine rings is 1. The van der Waals surface area contributed by atoms with Crippen LogP contribution in [0.15, 0.2) is 29.4 Å². The van der Waals surface area contributed by atoms with E-state index in [4.69, 9.17) is 9.94 Å². The highest BCUT2D eigenvalue weighted by molar-refractivity contribution is 6.04. The highest BCUT2D eigenvalue weighted by atomic mass is 19.1. The fourth-order valence-corrected chi connectivity index (χ4v) is 2.90. The molecule has 23 heavy (non-hydrogen) atoms. The summed E-state index contributed by atoms with van der Waals surface area (Å²) in [5, 5.41) is 12.9. The predicted octanol–water partition coefficient (Wildman–Crippen LogP) is 1.64. The van der Waals surface area contributed by atoms with Gasteiger partial charge in [-0.15, -0.1) is 0 Å². The van der Waals surface area contributed by atoms with Crippen molar-refractivity contribution in [1.29, 1.82) is 0 Å². The Hall–Kier alpha value is -2.44. The van der Waals surface area contributed by atoms with Crippen LogP contribution in [0, 0.1) is 11.7 Å². The first-order valence-electron chi connectivity index (χ1n) is 7.55. The van der Waals surface area contributed by atoms with Gasteiger partial charge < -0.3 is 14.8 Å². The number of carboxylic acids is 1. The van der Waals surface area contributed by atoms with Crippen LogP contribution in [-0.4, -0.2) is 46.8 Å². The largest absolute Gasteiger partial charge is 0.481 e. The van der Waals surface area contributed by atoms with E-state index in [1.54, 1.807) is 17.0 Å². The molecule has 6 nitrogen and oxygen atoms in total. The predicted molar refractivity (Wildman–Crippen MR) is 79.4 cm³/mol. The van der Waals surface area contributed by atoms with Gasteiger partial charge in [-0.2, -0.15) is 0 Å². The molecule has 2 heterocycles. The van der Waals surface area contributed by atoms with Crippen LogP contribution >= 0.6 is 0 Å². The first kappa shape index (κ1) is 15.5. The van der Waals surface area contributed by atoms with E-state index in [2.05, 4.69) is 5.16 Å². The summed E-state index contributed by atoms with van der Waals surface area (Å²) < 4.78 is 13.3. The molecule has 1 aromatic carbocycles. The number of carbonyl (C=O) groups excluding carboxylic acids is 1. The van der Waals surface area contributed by atoms with Crippen molar-refractivity contribution in [2.45, 2.75) is 25.4 Å². The van der Waals surface area contributed by atoms with Gasteiger partial charge >= 0.3 is 5.97 Å². The number of amides is 1. The molecule has 122 valence electrons. The number of nitrogens with zero attached hydrogens (tertiary/aromatic N) is 2. The van der Waals surface area contributed by atoms with E-state index < -0.39 is 12.1 Å². The van der Waals surface area contributed by atoms with Crippen LogP contribution in [0.25, 0.3) is 0 Å². The van der Waals surface area contributed by atoms with Gasteiger partial charge in [-0.3, -0.25) is 9.59 Å². The number of aliphatic carboxylic acids is 1. The molecule has 1 aromatic rings. The molecule has 0 saturated carbocycles.